The van der Waals surface area contributed by atoms with Crippen molar-refractivity contribution in [2.24, 2.45) is 11.1 Å². The fourth-order valence-electron chi connectivity index (χ4n) is 3.51. The van der Waals surface area contributed by atoms with Crippen LogP contribution in [0, 0.1) is 5.41 Å². The normalized spacial score (nSPS) is 18.7. The first-order chi connectivity index (χ1) is 9.75. The molecule has 0 unspecified atom stereocenters. The van der Waals surface area contributed by atoms with E-state index < -0.39 is 0 Å². The van der Waals surface area contributed by atoms with Crippen LogP contribution >= 0.6 is 0 Å². The molecule has 1 rings (SSSR count). The fourth-order valence-corrected chi connectivity index (χ4v) is 3.51. The Morgan fingerprint density at radius 3 is 2.00 bits per heavy atom. The molecule has 0 spiro atoms. The maximum Gasteiger partial charge on any atom is 0.140 e. The van der Waals surface area contributed by atoms with Crippen LogP contribution < -0.4 is 5.73 Å². The minimum atomic E-state index is -0.154. The number of carbonyl (C=O) groups excluding carboxylic acids is 1. The maximum absolute atomic E-state index is 12.6. The van der Waals surface area contributed by atoms with Crippen molar-refractivity contribution in [1.29, 1.82) is 0 Å². The molecule has 0 saturated heterocycles. The van der Waals surface area contributed by atoms with Gasteiger partial charge in [-0.25, -0.2) is 0 Å². The standard InChI is InChI=1S/C18H35NO/c1-2-3-4-5-6-7-10-13-17(20)18(16-19)14-11-8-9-12-15-18/h2-16,19H2,1H3. The minimum absolute atomic E-state index is 0.154. The van der Waals surface area contributed by atoms with Crippen molar-refractivity contribution in [2.45, 2.75) is 96.8 Å². The zero-order valence-corrected chi connectivity index (χ0v) is 13.6. The summed E-state index contributed by atoms with van der Waals surface area (Å²) >= 11 is 0. The number of ketones is 1. The Labute approximate surface area is 125 Å². The van der Waals surface area contributed by atoms with Gasteiger partial charge in [0.15, 0.2) is 0 Å². The molecule has 0 aromatic rings. The van der Waals surface area contributed by atoms with E-state index in [0.29, 0.717) is 12.3 Å². The molecular weight excluding hydrogens is 246 g/mol. The van der Waals surface area contributed by atoms with Gasteiger partial charge in [-0.1, -0.05) is 71.1 Å². The second kappa shape index (κ2) is 10.4. The SMILES string of the molecule is CCCCCCCCCC(=O)C1(CN)CCCCCC1. The van der Waals surface area contributed by atoms with Crippen LogP contribution in [0.4, 0.5) is 0 Å². The van der Waals surface area contributed by atoms with E-state index >= 15 is 0 Å². The smallest absolute Gasteiger partial charge is 0.140 e. The molecule has 2 N–H and O–H groups in total. The predicted molar refractivity (Wildman–Crippen MR) is 86.8 cm³/mol. The van der Waals surface area contributed by atoms with Crippen LogP contribution in [-0.4, -0.2) is 12.3 Å². The van der Waals surface area contributed by atoms with Crippen LogP contribution in [0.1, 0.15) is 96.8 Å². The molecule has 0 atom stereocenters. The van der Waals surface area contributed by atoms with Gasteiger partial charge in [0.25, 0.3) is 0 Å². The Hall–Kier alpha value is -0.370. The van der Waals surface area contributed by atoms with Crippen molar-refractivity contribution < 1.29 is 4.79 Å². The molecular formula is C18H35NO. The van der Waals surface area contributed by atoms with Gasteiger partial charge in [0, 0.05) is 18.4 Å². The predicted octanol–water partition coefficient (Wildman–Crippen LogP) is 5.00. The molecule has 0 radical (unpaired) electrons. The molecule has 0 amide bonds. The van der Waals surface area contributed by atoms with E-state index in [1.165, 1.54) is 64.2 Å². The Morgan fingerprint density at radius 2 is 1.45 bits per heavy atom. The number of carbonyl (C=O) groups is 1. The van der Waals surface area contributed by atoms with Crippen LogP contribution in [0.3, 0.4) is 0 Å². The summed E-state index contributed by atoms with van der Waals surface area (Å²) in [6.45, 7) is 2.82. The first kappa shape index (κ1) is 17.7. The van der Waals surface area contributed by atoms with Crippen LogP contribution in [0.25, 0.3) is 0 Å². The number of rotatable bonds is 10. The summed E-state index contributed by atoms with van der Waals surface area (Å²) in [6, 6.07) is 0. The Bertz CT molecular complexity index is 254. The van der Waals surface area contributed by atoms with Gasteiger partial charge in [-0.15, -0.1) is 0 Å². The fraction of sp³-hybridized carbons (Fsp3) is 0.944. The van der Waals surface area contributed by atoms with Gasteiger partial charge in [-0.3, -0.25) is 4.79 Å². The summed E-state index contributed by atoms with van der Waals surface area (Å²) in [6.07, 6.45) is 16.8. The summed E-state index contributed by atoms with van der Waals surface area (Å²) in [7, 11) is 0. The van der Waals surface area contributed by atoms with E-state index in [-0.39, 0.29) is 5.41 Å². The first-order valence-corrected chi connectivity index (χ1v) is 8.98. The van der Waals surface area contributed by atoms with E-state index in [9.17, 15) is 4.79 Å². The number of unbranched alkanes of at least 4 members (excludes halogenated alkanes) is 6. The molecule has 0 heterocycles. The van der Waals surface area contributed by atoms with Crippen molar-refractivity contribution in [2.75, 3.05) is 6.54 Å². The Kier molecular flexibility index (Phi) is 9.17. The monoisotopic (exact) mass is 281 g/mol. The van der Waals surface area contributed by atoms with E-state index in [2.05, 4.69) is 6.92 Å². The summed E-state index contributed by atoms with van der Waals surface area (Å²) in [4.78, 5) is 12.6. The van der Waals surface area contributed by atoms with Crippen LogP contribution in [0.15, 0.2) is 0 Å². The molecule has 0 aromatic carbocycles. The zero-order valence-electron chi connectivity index (χ0n) is 13.6. The lowest BCUT2D eigenvalue weighted by Crippen LogP contribution is -2.38. The highest BCUT2D eigenvalue weighted by Crippen LogP contribution is 2.36. The lowest BCUT2D eigenvalue weighted by atomic mass is 9.75. The zero-order chi connectivity index (χ0) is 14.7. The summed E-state index contributed by atoms with van der Waals surface area (Å²) < 4.78 is 0. The molecule has 2 heteroatoms. The maximum atomic E-state index is 12.6. The molecule has 2 nitrogen and oxygen atoms in total. The molecule has 1 fully saturated rings. The lowest BCUT2D eigenvalue weighted by Gasteiger charge is -2.29. The highest BCUT2D eigenvalue weighted by Gasteiger charge is 2.35. The van der Waals surface area contributed by atoms with Crippen LogP contribution in [0.5, 0.6) is 0 Å². The highest BCUT2D eigenvalue weighted by molar-refractivity contribution is 5.85. The number of hydrogen-bond acceptors (Lipinski definition) is 2. The van der Waals surface area contributed by atoms with Gasteiger partial charge < -0.3 is 5.73 Å². The molecule has 0 bridgehead atoms. The number of nitrogens with two attached hydrogens (primary N) is 1. The molecule has 0 aliphatic heterocycles. The lowest BCUT2D eigenvalue weighted by molar-refractivity contribution is -0.129. The molecule has 1 aliphatic carbocycles. The van der Waals surface area contributed by atoms with Gasteiger partial charge in [0.2, 0.25) is 0 Å². The van der Waals surface area contributed by atoms with Crippen LogP contribution in [-0.2, 0) is 4.79 Å². The number of Topliss-reactive ketones (excluding diaryl/α,β-unsaturated/α-hetero) is 1. The molecule has 118 valence electrons. The summed E-state index contributed by atoms with van der Waals surface area (Å²) in [5.41, 5.74) is 5.82. The third kappa shape index (κ3) is 5.95. The van der Waals surface area contributed by atoms with E-state index in [4.69, 9.17) is 5.73 Å². The quantitative estimate of drug-likeness (QED) is 0.452. The average molecular weight is 281 g/mol. The molecule has 1 saturated carbocycles. The first-order valence-electron chi connectivity index (χ1n) is 8.98. The van der Waals surface area contributed by atoms with E-state index in [1.54, 1.807) is 0 Å². The van der Waals surface area contributed by atoms with Crippen LogP contribution in [0.2, 0.25) is 0 Å². The van der Waals surface area contributed by atoms with Gasteiger partial charge in [-0.05, 0) is 19.3 Å². The minimum Gasteiger partial charge on any atom is -0.329 e. The topological polar surface area (TPSA) is 43.1 Å². The summed E-state index contributed by atoms with van der Waals surface area (Å²) in [5, 5.41) is 0. The third-order valence-corrected chi connectivity index (χ3v) is 5.05. The largest absolute Gasteiger partial charge is 0.329 e. The van der Waals surface area contributed by atoms with Crippen molar-refractivity contribution >= 4 is 5.78 Å². The molecule has 0 aromatic heterocycles. The Morgan fingerprint density at radius 1 is 0.900 bits per heavy atom. The van der Waals surface area contributed by atoms with Crippen molar-refractivity contribution in [3.05, 3.63) is 0 Å². The molecule has 1 aliphatic rings. The Balaban J connectivity index is 2.22. The average Bonchev–Trinajstić information content (AvgIpc) is 2.72. The van der Waals surface area contributed by atoms with Crippen molar-refractivity contribution in [1.82, 2.24) is 0 Å². The second-order valence-electron chi connectivity index (χ2n) is 6.69. The van der Waals surface area contributed by atoms with Gasteiger partial charge >= 0.3 is 0 Å². The number of hydrogen-bond donors (Lipinski definition) is 1. The van der Waals surface area contributed by atoms with Gasteiger partial charge in [0.05, 0.1) is 0 Å². The second-order valence-corrected chi connectivity index (χ2v) is 6.69. The highest BCUT2D eigenvalue weighted by atomic mass is 16.1. The van der Waals surface area contributed by atoms with E-state index in [0.717, 1.165) is 25.7 Å². The van der Waals surface area contributed by atoms with E-state index in [1.807, 2.05) is 0 Å². The van der Waals surface area contributed by atoms with Crippen molar-refractivity contribution in [3.63, 3.8) is 0 Å². The molecule has 20 heavy (non-hydrogen) atoms. The summed E-state index contributed by atoms with van der Waals surface area (Å²) in [5.74, 6) is 0.468. The van der Waals surface area contributed by atoms with Crippen molar-refractivity contribution in [3.8, 4) is 0 Å². The van der Waals surface area contributed by atoms with Gasteiger partial charge in [-0.2, -0.15) is 0 Å². The third-order valence-electron chi connectivity index (χ3n) is 5.05. The van der Waals surface area contributed by atoms with Gasteiger partial charge in [0.1, 0.15) is 5.78 Å².